The monoisotopic (exact) mass is 593 g/mol. The number of benzene rings is 1. The van der Waals surface area contributed by atoms with Crippen LogP contribution in [0.4, 0.5) is 5.69 Å². The van der Waals surface area contributed by atoms with Crippen molar-refractivity contribution in [3.63, 3.8) is 0 Å². The maximum atomic E-state index is 13.7. The zero-order chi connectivity index (χ0) is 27.5. The number of fused-ring (bicyclic) bond motifs is 1. The second-order valence-electron chi connectivity index (χ2n) is 9.65. The van der Waals surface area contributed by atoms with Gasteiger partial charge in [0.1, 0.15) is 9.22 Å². The van der Waals surface area contributed by atoms with Crippen molar-refractivity contribution in [2.24, 2.45) is 0 Å². The molecule has 0 radical (unpaired) electrons. The molecular formula is C29H31N5O3S3. The van der Waals surface area contributed by atoms with Crippen molar-refractivity contribution in [2.45, 2.75) is 36.6 Å². The Morgan fingerprint density at radius 2 is 2.08 bits per heavy atom. The Morgan fingerprint density at radius 1 is 1.15 bits per heavy atom. The van der Waals surface area contributed by atoms with E-state index in [0.29, 0.717) is 29.2 Å². The van der Waals surface area contributed by atoms with E-state index in [1.165, 1.54) is 20.5 Å². The topological polar surface area (TPSA) is 91.4 Å². The number of rotatable bonds is 11. The number of aromatic amines is 1. The highest BCUT2D eigenvalue weighted by atomic mass is 32.2. The standard InChI is InChI=1S/C29H31N5O3S3/c1-2-37-16-15-34(40(35,36)27-12-7-17-38-27)26-10-5-8-21-18-24(32-28(21)26)29-31-19-22(39-29)20-33-14-6-11-25(33)23-9-3-4-13-30-23/h3-5,7-10,12-13,17-19,25,32H,2,6,11,14-16,20H2,1H3. The molecule has 1 atom stereocenters. The third kappa shape index (κ3) is 5.44. The van der Waals surface area contributed by atoms with E-state index in [2.05, 4.69) is 27.0 Å². The summed E-state index contributed by atoms with van der Waals surface area (Å²) in [5.74, 6) is 0. The van der Waals surface area contributed by atoms with Crippen molar-refractivity contribution in [1.29, 1.82) is 0 Å². The first-order valence-electron chi connectivity index (χ1n) is 13.4. The van der Waals surface area contributed by atoms with Crippen molar-refractivity contribution < 1.29 is 13.2 Å². The average Bonchev–Trinajstić information content (AvgIpc) is 3.78. The number of ether oxygens (including phenoxy) is 1. The van der Waals surface area contributed by atoms with Crippen LogP contribution >= 0.6 is 22.7 Å². The maximum absolute atomic E-state index is 13.7. The summed E-state index contributed by atoms with van der Waals surface area (Å²) in [6, 6.07) is 17.6. The second kappa shape index (κ2) is 11.8. The molecule has 0 amide bonds. The Morgan fingerprint density at radius 3 is 2.88 bits per heavy atom. The summed E-state index contributed by atoms with van der Waals surface area (Å²) < 4.78 is 34.6. The average molecular weight is 594 g/mol. The predicted molar refractivity (Wildman–Crippen MR) is 161 cm³/mol. The number of pyridine rings is 1. The number of thiazole rings is 1. The van der Waals surface area contributed by atoms with Crippen molar-refractivity contribution >= 4 is 49.3 Å². The Bertz CT molecular complexity index is 1670. The lowest BCUT2D eigenvalue weighted by molar-refractivity contribution is 0.156. The molecule has 11 heteroatoms. The van der Waals surface area contributed by atoms with Gasteiger partial charge in [-0.05, 0) is 62.0 Å². The van der Waals surface area contributed by atoms with Crippen LogP contribution in [-0.2, 0) is 21.3 Å². The first kappa shape index (κ1) is 27.1. The van der Waals surface area contributed by atoms with Gasteiger partial charge >= 0.3 is 0 Å². The van der Waals surface area contributed by atoms with E-state index in [0.717, 1.165) is 53.2 Å². The van der Waals surface area contributed by atoms with Gasteiger partial charge in [0.25, 0.3) is 10.0 Å². The van der Waals surface area contributed by atoms with Crippen LogP contribution in [0.1, 0.15) is 36.4 Å². The molecule has 5 aromatic rings. The maximum Gasteiger partial charge on any atom is 0.273 e. The van der Waals surface area contributed by atoms with Gasteiger partial charge in [0.15, 0.2) is 0 Å². The summed E-state index contributed by atoms with van der Waals surface area (Å²) in [5.41, 5.74) is 3.36. The number of anilines is 1. The quantitative estimate of drug-likeness (QED) is 0.180. The molecule has 0 spiro atoms. The van der Waals surface area contributed by atoms with Gasteiger partial charge in [-0.2, -0.15) is 0 Å². The molecule has 1 aliphatic rings. The molecule has 1 N–H and O–H groups in total. The summed E-state index contributed by atoms with van der Waals surface area (Å²) in [5, 5.41) is 3.59. The van der Waals surface area contributed by atoms with E-state index in [-0.39, 0.29) is 6.54 Å². The summed E-state index contributed by atoms with van der Waals surface area (Å²) in [6.45, 7) is 4.82. The van der Waals surface area contributed by atoms with Gasteiger partial charge < -0.3 is 9.72 Å². The largest absolute Gasteiger partial charge is 0.380 e. The van der Waals surface area contributed by atoms with E-state index in [1.807, 2.05) is 49.6 Å². The zero-order valence-electron chi connectivity index (χ0n) is 22.2. The number of para-hydroxylation sites is 1. The molecule has 8 nitrogen and oxygen atoms in total. The number of nitrogens with zero attached hydrogens (tertiary/aromatic N) is 4. The van der Waals surface area contributed by atoms with Crippen molar-refractivity contribution in [3.8, 4) is 10.7 Å². The SMILES string of the molecule is CCOCCN(c1cccc2cc(-c3ncc(CN4CCCC4c4ccccn4)s3)[nH]c12)S(=O)(=O)c1cccs1. The van der Waals surface area contributed by atoms with Crippen LogP contribution < -0.4 is 4.31 Å². The zero-order valence-corrected chi connectivity index (χ0v) is 24.6. The van der Waals surface area contributed by atoms with Crippen molar-refractivity contribution in [1.82, 2.24) is 19.9 Å². The summed E-state index contributed by atoms with van der Waals surface area (Å²) in [7, 11) is -3.75. The minimum Gasteiger partial charge on any atom is -0.380 e. The number of nitrogens with one attached hydrogen (secondary N) is 1. The van der Waals surface area contributed by atoms with Crippen LogP contribution in [0.2, 0.25) is 0 Å². The van der Waals surface area contributed by atoms with E-state index >= 15 is 0 Å². The van der Waals surface area contributed by atoms with Gasteiger partial charge in [0.05, 0.1) is 41.8 Å². The van der Waals surface area contributed by atoms with Crippen LogP contribution in [-0.4, -0.2) is 54.6 Å². The Kier molecular flexibility index (Phi) is 7.99. The van der Waals surface area contributed by atoms with Gasteiger partial charge in [0.2, 0.25) is 0 Å². The van der Waals surface area contributed by atoms with Gasteiger partial charge in [-0.15, -0.1) is 22.7 Å². The van der Waals surface area contributed by atoms with Crippen molar-refractivity contribution in [3.05, 3.63) is 82.9 Å². The third-order valence-corrected chi connectivity index (χ3v) is 11.3. The molecule has 1 saturated heterocycles. The number of likely N-dealkylation sites (tertiary alicyclic amines) is 1. The van der Waals surface area contributed by atoms with Crippen molar-refractivity contribution in [2.75, 3.05) is 30.6 Å². The van der Waals surface area contributed by atoms with E-state index in [1.54, 1.807) is 28.8 Å². The van der Waals surface area contributed by atoms with Crippen LogP contribution in [0, 0.1) is 0 Å². The van der Waals surface area contributed by atoms with Crippen LogP contribution in [0.25, 0.3) is 21.6 Å². The lowest BCUT2D eigenvalue weighted by atomic mass is 10.1. The first-order chi connectivity index (χ1) is 19.5. The molecule has 1 aromatic carbocycles. The van der Waals surface area contributed by atoms with Gasteiger partial charge in [0, 0.05) is 35.8 Å². The Labute approximate surface area is 242 Å². The van der Waals surface area contributed by atoms with Gasteiger partial charge in [-0.25, -0.2) is 13.4 Å². The summed E-state index contributed by atoms with van der Waals surface area (Å²) >= 11 is 2.88. The molecule has 208 valence electrons. The number of hydrogen-bond donors (Lipinski definition) is 1. The molecule has 0 bridgehead atoms. The molecule has 0 aliphatic carbocycles. The highest BCUT2D eigenvalue weighted by molar-refractivity contribution is 7.94. The molecule has 1 aliphatic heterocycles. The fourth-order valence-corrected chi connectivity index (χ4v) is 8.75. The Balaban J connectivity index is 1.29. The molecule has 4 aromatic heterocycles. The normalized spacial score (nSPS) is 16.2. The molecular weight excluding hydrogens is 563 g/mol. The highest BCUT2D eigenvalue weighted by Gasteiger charge is 2.29. The molecule has 40 heavy (non-hydrogen) atoms. The fourth-order valence-electron chi connectivity index (χ4n) is 5.27. The number of aromatic nitrogens is 3. The number of sulfonamides is 1. The molecule has 6 rings (SSSR count). The lowest BCUT2D eigenvalue weighted by Gasteiger charge is -2.24. The van der Waals surface area contributed by atoms with E-state index in [9.17, 15) is 8.42 Å². The van der Waals surface area contributed by atoms with Crippen LogP contribution in [0.3, 0.4) is 0 Å². The minimum atomic E-state index is -3.75. The van der Waals surface area contributed by atoms with E-state index < -0.39 is 10.0 Å². The van der Waals surface area contributed by atoms with Gasteiger partial charge in [-0.3, -0.25) is 14.2 Å². The summed E-state index contributed by atoms with van der Waals surface area (Å²) in [6.07, 6.45) is 6.09. The first-order valence-corrected chi connectivity index (χ1v) is 16.5. The minimum absolute atomic E-state index is 0.218. The van der Waals surface area contributed by atoms with Gasteiger partial charge in [-0.1, -0.05) is 24.3 Å². The molecule has 0 saturated carbocycles. The molecule has 1 fully saturated rings. The number of H-pyrrole nitrogens is 1. The molecule has 1 unspecified atom stereocenters. The van der Waals surface area contributed by atoms with Crippen LogP contribution in [0.5, 0.6) is 0 Å². The fraction of sp³-hybridized carbons (Fsp3) is 0.310. The lowest BCUT2D eigenvalue weighted by Crippen LogP contribution is -2.34. The summed E-state index contributed by atoms with van der Waals surface area (Å²) in [4.78, 5) is 16.5. The second-order valence-corrected chi connectivity index (χ2v) is 13.8. The third-order valence-electron chi connectivity index (χ3n) is 7.12. The Hall–Kier alpha value is -3.09. The smallest absolute Gasteiger partial charge is 0.273 e. The predicted octanol–water partition coefficient (Wildman–Crippen LogP) is 6.32. The highest BCUT2D eigenvalue weighted by Crippen LogP contribution is 2.37. The number of hydrogen-bond acceptors (Lipinski definition) is 8. The van der Waals surface area contributed by atoms with Crippen LogP contribution in [0.15, 0.2) is 76.6 Å². The molecule has 5 heterocycles. The van der Waals surface area contributed by atoms with E-state index in [4.69, 9.17) is 9.72 Å². The number of thiophene rings is 1.